The van der Waals surface area contributed by atoms with Crippen LogP contribution in [-0.2, 0) is 12.8 Å². The quantitative estimate of drug-likeness (QED) is 0.489. The van der Waals surface area contributed by atoms with Gasteiger partial charge in [-0.2, -0.15) is 0 Å². The van der Waals surface area contributed by atoms with Crippen LogP contribution in [0.15, 0.2) is 23.8 Å². The van der Waals surface area contributed by atoms with Gasteiger partial charge in [0, 0.05) is 4.88 Å². The standard InChI is InChI=1S/C16H14N4S2/c1-2-5-10-11(6-3-1)22-16-13(10)15-18-14(12-7-4-8-21-12)19-20(15)9-17-16/h4,7-9H,1-3,5-6H2. The van der Waals surface area contributed by atoms with Crippen LogP contribution in [0.5, 0.6) is 0 Å². The number of nitrogens with zero attached hydrogens (tertiary/aromatic N) is 4. The molecule has 1 aliphatic rings. The molecule has 0 aromatic carbocycles. The maximum absolute atomic E-state index is 4.82. The zero-order valence-corrected chi connectivity index (χ0v) is 13.6. The van der Waals surface area contributed by atoms with Gasteiger partial charge in [0.05, 0.1) is 10.3 Å². The molecule has 0 aliphatic heterocycles. The molecule has 4 aromatic heterocycles. The summed E-state index contributed by atoms with van der Waals surface area (Å²) in [5.41, 5.74) is 2.44. The van der Waals surface area contributed by atoms with Crippen LogP contribution in [0.1, 0.15) is 29.7 Å². The van der Waals surface area contributed by atoms with E-state index >= 15 is 0 Å². The van der Waals surface area contributed by atoms with Gasteiger partial charge in [-0.25, -0.2) is 14.5 Å². The molecular weight excluding hydrogens is 312 g/mol. The molecular formula is C16H14N4S2. The predicted molar refractivity (Wildman–Crippen MR) is 90.7 cm³/mol. The number of thiophene rings is 2. The zero-order chi connectivity index (χ0) is 14.5. The summed E-state index contributed by atoms with van der Waals surface area (Å²) in [6, 6.07) is 4.11. The van der Waals surface area contributed by atoms with Gasteiger partial charge in [0.15, 0.2) is 11.5 Å². The molecule has 0 radical (unpaired) electrons. The van der Waals surface area contributed by atoms with E-state index in [4.69, 9.17) is 4.98 Å². The summed E-state index contributed by atoms with van der Waals surface area (Å²) in [6.07, 6.45) is 8.03. The van der Waals surface area contributed by atoms with E-state index in [9.17, 15) is 0 Å². The Kier molecular flexibility index (Phi) is 2.81. The lowest BCUT2D eigenvalue weighted by Gasteiger charge is -1.98. The highest BCUT2D eigenvalue weighted by Gasteiger charge is 2.20. The summed E-state index contributed by atoms with van der Waals surface area (Å²) >= 11 is 3.52. The molecule has 0 fully saturated rings. The molecule has 4 aromatic rings. The molecule has 0 amide bonds. The number of aryl methyl sites for hydroxylation is 2. The molecule has 0 spiro atoms. The molecule has 4 heterocycles. The van der Waals surface area contributed by atoms with Crippen LogP contribution >= 0.6 is 22.7 Å². The Labute approximate surface area is 135 Å². The van der Waals surface area contributed by atoms with Gasteiger partial charge < -0.3 is 0 Å². The molecule has 110 valence electrons. The van der Waals surface area contributed by atoms with Crippen molar-refractivity contribution >= 4 is 38.5 Å². The summed E-state index contributed by atoms with van der Waals surface area (Å²) in [5.74, 6) is 0.804. The monoisotopic (exact) mass is 326 g/mol. The maximum Gasteiger partial charge on any atom is 0.192 e. The molecule has 0 saturated carbocycles. The van der Waals surface area contributed by atoms with Crippen molar-refractivity contribution in [3.05, 3.63) is 34.3 Å². The third kappa shape index (κ3) is 1.84. The first-order valence-corrected chi connectivity index (χ1v) is 9.29. The molecule has 1 aliphatic carbocycles. The number of aromatic nitrogens is 4. The number of hydrogen-bond acceptors (Lipinski definition) is 5. The maximum atomic E-state index is 4.82. The number of rotatable bonds is 1. The van der Waals surface area contributed by atoms with E-state index in [-0.39, 0.29) is 0 Å². The van der Waals surface area contributed by atoms with Crippen LogP contribution in [0, 0.1) is 0 Å². The molecule has 0 bridgehead atoms. The predicted octanol–water partition coefficient (Wildman–Crippen LogP) is 4.34. The Morgan fingerprint density at radius 2 is 2.09 bits per heavy atom. The second-order valence-corrected chi connectivity index (χ2v) is 7.70. The van der Waals surface area contributed by atoms with Crippen molar-refractivity contribution in [3.63, 3.8) is 0 Å². The second-order valence-electron chi connectivity index (χ2n) is 5.67. The van der Waals surface area contributed by atoms with Crippen LogP contribution in [0.25, 0.3) is 26.6 Å². The van der Waals surface area contributed by atoms with Crippen LogP contribution in [0.2, 0.25) is 0 Å². The Bertz CT molecular complexity index is 965. The first-order chi connectivity index (χ1) is 10.9. The summed E-state index contributed by atoms with van der Waals surface area (Å²) in [5, 5.41) is 7.91. The van der Waals surface area contributed by atoms with Gasteiger partial charge in [-0.3, -0.25) is 0 Å². The van der Waals surface area contributed by atoms with Crippen molar-refractivity contribution < 1.29 is 0 Å². The van der Waals surface area contributed by atoms with Gasteiger partial charge in [0.1, 0.15) is 11.2 Å². The molecule has 0 unspecified atom stereocenters. The minimum absolute atomic E-state index is 0.804. The van der Waals surface area contributed by atoms with Crippen molar-refractivity contribution in [2.75, 3.05) is 0 Å². The lowest BCUT2D eigenvalue weighted by Crippen LogP contribution is -1.92. The van der Waals surface area contributed by atoms with E-state index in [0.29, 0.717) is 0 Å². The minimum Gasteiger partial charge on any atom is -0.225 e. The van der Waals surface area contributed by atoms with Crippen molar-refractivity contribution in [1.82, 2.24) is 19.6 Å². The first-order valence-electron chi connectivity index (χ1n) is 7.59. The smallest absolute Gasteiger partial charge is 0.192 e. The van der Waals surface area contributed by atoms with E-state index in [0.717, 1.165) is 27.6 Å². The summed E-state index contributed by atoms with van der Waals surface area (Å²) < 4.78 is 1.84. The van der Waals surface area contributed by atoms with E-state index in [1.54, 1.807) is 17.7 Å². The van der Waals surface area contributed by atoms with Crippen molar-refractivity contribution in [2.24, 2.45) is 0 Å². The van der Waals surface area contributed by atoms with Gasteiger partial charge >= 0.3 is 0 Å². The SMILES string of the molecule is c1csc(-c2nc3c4c5c(sc4ncn3n2)CCCCC5)c1. The lowest BCUT2D eigenvalue weighted by atomic mass is 10.1. The fraction of sp³-hybridized carbons (Fsp3) is 0.312. The second kappa shape index (κ2) is 4.86. The van der Waals surface area contributed by atoms with Gasteiger partial charge in [-0.1, -0.05) is 12.5 Å². The largest absolute Gasteiger partial charge is 0.225 e. The van der Waals surface area contributed by atoms with Gasteiger partial charge in [-0.15, -0.1) is 27.8 Å². The minimum atomic E-state index is 0.804. The topological polar surface area (TPSA) is 43.1 Å². The molecule has 6 heteroatoms. The number of fused-ring (bicyclic) bond motifs is 5. The third-order valence-electron chi connectivity index (χ3n) is 4.28. The van der Waals surface area contributed by atoms with Crippen LogP contribution in [0.3, 0.4) is 0 Å². The highest BCUT2D eigenvalue weighted by atomic mass is 32.1. The van der Waals surface area contributed by atoms with Crippen molar-refractivity contribution in [2.45, 2.75) is 32.1 Å². The average Bonchev–Trinajstić information content (AvgIpc) is 3.21. The summed E-state index contributed by atoms with van der Waals surface area (Å²) in [4.78, 5) is 13.2. The Balaban J connectivity index is 1.81. The summed E-state index contributed by atoms with van der Waals surface area (Å²) in [6.45, 7) is 0. The molecule has 0 atom stereocenters. The van der Waals surface area contributed by atoms with Crippen molar-refractivity contribution in [1.29, 1.82) is 0 Å². The van der Waals surface area contributed by atoms with Crippen LogP contribution in [-0.4, -0.2) is 19.6 Å². The van der Waals surface area contributed by atoms with E-state index in [2.05, 4.69) is 21.5 Å². The van der Waals surface area contributed by atoms with Gasteiger partial charge in [-0.05, 0) is 42.7 Å². The first kappa shape index (κ1) is 12.7. The lowest BCUT2D eigenvalue weighted by molar-refractivity contribution is 0.713. The molecule has 22 heavy (non-hydrogen) atoms. The zero-order valence-electron chi connectivity index (χ0n) is 12.0. The normalized spacial score (nSPS) is 15.3. The fourth-order valence-electron chi connectivity index (χ4n) is 3.24. The van der Waals surface area contributed by atoms with Gasteiger partial charge in [0.2, 0.25) is 0 Å². The molecule has 0 N–H and O–H groups in total. The third-order valence-corrected chi connectivity index (χ3v) is 6.35. The molecule has 5 rings (SSSR count). The summed E-state index contributed by atoms with van der Waals surface area (Å²) in [7, 11) is 0. The Morgan fingerprint density at radius 1 is 1.14 bits per heavy atom. The Morgan fingerprint density at radius 3 is 3.00 bits per heavy atom. The van der Waals surface area contributed by atoms with Crippen molar-refractivity contribution in [3.8, 4) is 10.7 Å². The highest BCUT2D eigenvalue weighted by Crippen LogP contribution is 2.36. The van der Waals surface area contributed by atoms with Gasteiger partial charge in [0.25, 0.3) is 0 Å². The molecule has 0 saturated heterocycles. The van der Waals surface area contributed by atoms with E-state index < -0.39 is 0 Å². The van der Waals surface area contributed by atoms with Crippen LogP contribution in [0.4, 0.5) is 0 Å². The van der Waals surface area contributed by atoms with Crippen LogP contribution < -0.4 is 0 Å². The van der Waals surface area contributed by atoms with E-state index in [1.165, 1.54) is 41.5 Å². The Hall–Kier alpha value is -1.79. The molecule has 4 nitrogen and oxygen atoms in total. The fourth-order valence-corrected chi connectivity index (χ4v) is 5.12. The van der Waals surface area contributed by atoms with E-state index in [1.807, 2.05) is 21.9 Å². The average molecular weight is 326 g/mol. The highest BCUT2D eigenvalue weighted by molar-refractivity contribution is 7.19. The number of hydrogen-bond donors (Lipinski definition) is 0.